The maximum Gasteiger partial charge on any atom is 0.255 e. The Bertz CT molecular complexity index is 561. The van der Waals surface area contributed by atoms with Gasteiger partial charge in [0.15, 0.2) is 0 Å². The summed E-state index contributed by atoms with van der Waals surface area (Å²) >= 11 is 0. The Labute approximate surface area is 148 Å². The molecule has 2 fully saturated rings. The van der Waals surface area contributed by atoms with Crippen molar-refractivity contribution in [3.8, 4) is 0 Å². The van der Waals surface area contributed by atoms with E-state index in [2.05, 4.69) is 10.6 Å². The number of hydrogen-bond acceptors (Lipinski definition) is 4. The van der Waals surface area contributed by atoms with E-state index in [1.165, 1.54) is 6.26 Å². The normalized spacial score (nSPS) is 21.9. The first kappa shape index (κ1) is 18.8. The maximum absolute atomic E-state index is 12.5. The van der Waals surface area contributed by atoms with Gasteiger partial charge in [-0.1, -0.05) is 6.42 Å². The molecule has 7 heteroatoms. The Hall–Kier alpha value is -1.53. The van der Waals surface area contributed by atoms with Gasteiger partial charge in [-0.25, -0.2) is 0 Å². The van der Waals surface area contributed by atoms with Crippen LogP contribution < -0.4 is 10.6 Å². The van der Waals surface area contributed by atoms with Crippen LogP contribution in [0.15, 0.2) is 16.7 Å². The van der Waals surface area contributed by atoms with E-state index in [0.29, 0.717) is 24.4 Å². The van der Waals surface area contributed by atoms with Crippen LogP contribution in [-0.4, -0.2) is 48.4 Å². The van der Waals surface area contributed by atoms with Crippen molar-refractivity contribution in [3.63, 3.8) is 0 Å². The van der Waals surface area contributed by atoms with E-state index >= 15 is 0 Å². The number of likely N-dealkylation sites (tertiary alicyclic amines) is 1. The predicted octanol–water partition coefficient (Wildman–Crippen LogP) is 1.87. The molecule has 0 spiro atoms. The van der Waals surface area contributed by atoms with Gasteiger partial charge in [0.05, 0.1) is 17.9 Å². The fourth-order valence-corrected chi connectivity index (χ4v) is 3.41. The number of piperidine rings is 2. The van der Waals surface area contributed by atoms with Crippen LogP contribution in [0.4, 0.5) is 0 Å². The van der Waals surface area contributed by atoms with Crippen LogP contribution in [0.3, 0.4) is 0 Å². The summed E-state index contributed by atoms with van der Waals surface area (Å²) in [4.78, 5) is 26.6. The van der Waals surface area contributed by atoms with Gasteiger partial charge in [0, 0.05) is 19.1 Å². The smallest absolute Gasteiger partial charge is 0.255 e. The number of amides is 2. The number of halogens is 1. The van der Waals surface area contributed by atoms with Crippen molar-refractivity contribution in [1.82, 2.24) is 15.5 Å². The Morgan fingerprint density at radius 3 is 2.58 bits per heavy atom. The largest absolute Gasteiger partial charge is 0.469 e. The average molecular weight is 356 g/mol. The molecular formula is C17H26ClN3O3. The minimum atomic E-state index is -0.0880. The average Bonchev–Trinajstić information content (AvgIpc) is 3.02. The second-order valence-corrected chi connectivity index (χ2v) is 6.47. The fourth-order valence-electron chi connectivity index (χ4n) is 3.41. The van der Waals surface area contributed by atoms with Gasteiger partial charge in [-0.15, -0.1) is 12.4 Å². The van der Waals surface area contributed by atoms with E-state index in [1.807, 2.05) is 4.90 Å². The van der Waals surface area contributed by atoms with Crippen molar-refractivity contribution in [2.24, 2.45) is 0 Å². The van der Waals surface area contributed by atoms with E-state index in [1.54, 1.807) is 13.0 Å². The summed E-state index contributed by atoms with van der Waals surface area (Å²) in [7, 11) is 0. The molecule has 1 atom stereocenters. The highest BCUT2D eigenvalue weighted by molar-refractivity contribution is 5.95. The Balaban J connectivity index is 0.00000208. The van der Waals surface area contributed by atoms with Crippen LogP contribution in [0.25, 0.3) is 0 Å². The SMILES string of the molecule is Cc1occc1C(=O)NC1CCN(C(=O)C2CCCCN2)CC1.Cl. The van der Waals surface area contributed by atoms with Gasteiger partial charge < -0.3 is 20.0 Å². The van der Waals surface area contributed by atoms with Crippen molar-refractivity contribution in [1.29, 1.82) is 0 Å². The molecule has 0 aliphatic carbocycles. The van der Waals surface area contributed by atoms with Crippen molar-refractivity contribution in [2.45, 2.75) is 51.1 Å². The van der Waals surface area contributed by atoms with E-state index in [0.717, 1.165) is 38.6 Å². The molecule has 1 aromatic heterocycles. The summed E-state index contributed by atoms with van der Waals surface area (Å²) in [6, 6.07) is 1.81. The zero-order valence-electron chi connectivity index (χ0n) is 14.0. The monoisotopic (exact) mass is 355 g/mol. The lowest BCUT2D eigenvalue weighted by Crippen LogP contribution is -2.53. The molecule has 3 rings (SSSR count). The molecule has 2 N–H and O–H groups in total. The Kier molecular flexibility index (Phi) is 6.69. The molecule has 3 heterocycles. The van der Waals surface area contributed by atoms with Crippen LogP contribution >= 0.6 is 12.4 Å². The van der Waals surface area contributed by atoms with Gasteiger partial charge in [0.1, 0.15) is 5.76 Å². The second-order valence-electron chi connectivity index (χ2n) is 6.47. The third-order valence-electron chi connectivity index (χ3n) is 4.85. The van der Waals surface area contributed by atoms with Gasteiger partial charge in [-0.3, -0.25) is 9.59 Å². The van der Waals surface area contributed by atoms with E-state index in [-0.39, 0.29) is 36.3 Å². The standard InChI is InChI=1S/C17H25N3O3.ClH/c1-12-14(7-11-23-12)16(21)19-13-5-9-20(10-6-13)17(22)15-4-2-3-8-18-15;/h7,11,13,15,18H,2-6,8-10H2,1H3,(H,19,21);1H. The molecule has 24 heavy (non-hydrogen) atoms. The number of carbonyl (C=O) groups is 2. The molecule has 0 bridgehead atoms. The minimum Gasteiger partial charge on any atom is -0.469 e. The van der Waals surface area contributed by atoms with Crippen molar-refractivity contribution in [2.75, 3.05) is 19.6 Å². The number of aryl methyl sites for hydroxylation is 1. The number of nitrogens with one attached hydrogen (secondary N) is 2. The predicted molar refractivity (Wildman–Crippen MR) is 93.4 cm³/mol. The minimum absolute atomic E-state index is 0. The number of nitrogens with zero attached hydrogens (tertiary/aromatic N) is 1. The van der Waals surface area contributed by atoms with Crippen LogP contribution in [-0.2, 0) is 4.79 Å². The molecule has 134 valence electrons. The highest BCUT2D eigenvalue weighted by atomic mass is 35.5. The van der Waals surface area contributed by atoms with Crippen molar-refractivity contribution >= 4 is 24.2 Å². The van der Waals surface area contributed by atoms with E-state index < -0.39 is 0 Å². The van der Waals surface area contributed by atoms with Crippen LogP contribution in [0.1, 0.15) is 48.2 Å². The third-order valence-corrected chi connectivity index (χ3v) is 4.85. The van der Waals surface area contributed by atoms with Gasteiger partial charge in [0.25, 0.3) is 5.91 Å². The first-order chi connectivity index (χ1) is 11.1. The maximum atomic E-state index is 12.5. The zero-order valence-corrected chi connectivity index (χ0v) is 14.9. The first-order valence-corrected chi connectivity index (χ1v) is 8.52. The van der Waals surface area contributed by atoms with Gasteiger partial charge >= 0.3 is 0 Å². The van der Waals surface area contributed by atoms with Gasteiger partial charge in [-0.05, 0) is 45.2 Å². The van der Waals surface area contributed by atoms with Crippen molar-refractivity contribution in [3.05, 3.63) is 23.7 Å². The molecule has 0 radical (unpaired) electrons. The quantitative estimate of drug-likeness (QED) is 0.868. The molecule has 0 aromatic carbocycles. The highest BCUT2D eigenvalue weighted by Gasteiger charge is 2.29. The molecular weight excluding hydrogens is 330 g/mol. The first-order valence-electron chi connectivity index (χ1n) is 8.52. The number of hydrogen-bond donors (Lipinski definition) is 2. The molecule has 6 nitrogen and oxygen atoms in total. The highest BCUT2D eigenvalue weighted by Crippen LogP contribution is 2.16. The Morgan fingerprint density at radius 2 is 2.00 bits per heavy atom. The summed E-state index contributed by atoms with van der Waals surface area (Å²) in [5.41, 5.74) is 0.593. The molecule has 2 saturated heterocycles. The summed E-state index contributed by atoms with van der Waals surface area (Å²) in [6.45, 7) is 4.15. The van der Waals surface area contributed by atoms with Gasteiger partial charge in [0.2, 0.25) is 5.91 Å². The molecule has 1 aromatic rings. The van der Waals surface area contributed by atoms with E-state index in [9.17, 15) is 9.59 Å². The molecule has 2 aliphatic heterocycles. The molecule has 1 unspecified atom stereocenters. The number of rotatable bonds is 3. The third kappa shape index (κ3) is 4.30. The summed E-state index contributed by atoms with van der Waals surface area (Å²) in [5.74, 6) is 0.772. The topological polar surface area (TPSA) is 74.6 Å². The summed E-state index contributed by atoms with van der Waals surface area (Å²) < 4.78 is 5.17. The zero-order chi connectivity index (χ0) is 16.2. The Morgan fingerprint density at radius 1 is 1.25 bits per heavy atom. The number of furan rings is 1. The molecule has 0 saturated carbocycles. The van der Waals surface area contributed by atoms with Crippen LogP contribution in [0.2, 0.25) is 0 Å². The second kappa shape index (κ2) is 8.53. The lowest BCUT2D eigenvalue weighted by atomic mass is 10.00. The lowest BCUT2D eigenvalue weighted by molar-refractivity contribution is -0.135. The summed E-state index contributed by atoms with van der Waals surface area (Å²) in [6.07, 6.45) is 6.37. The number of carbonyl (C=O) groups excluding carboxylic acids is 2. The van der Waals surface area contributed by atoms with Crippen LogP contribution in [0, 0.1) is 6.92 Å². The van der Waals surface area contributed by atoms with Crippen LogP contribution in [0.5, 0.6) is 0 Å². The lowest BCUT2D eigenvalue weighted by Gasteiger charge is -2.35. The summed E-state index contributed by atoms with van der Waals surface area (Å²) in [5, 5.41) is 6.36. The van der Waals surface area contributed by atoms with Crippen molar-refractivity contribution < 1.29 is 14.0 Å². The van der Waals surface area contributed by atoms with E-state index in [4.69, 9.17) is 4.42 Å². The molecule has 2 amide bonds. The molecule has 2 aliphatic rings. The van der Waals surface area contributed by atoms with Gasteiger partial charge in [-0.2, -0.15) is 0 Å². The fraction of sp³-hybridized carbons (Fsp3) is 0.647.